The molecule has 0 aliphatic heterocycles. The molecule has 0 radical (unpaired) electrons. The van der Waals surface area contributed by atoms with E-state index in [2.05, 4.69) is 10.1 Å². The molecule has 0 saturated heterocycles. The van der Waals surface area contributed by atoms with Crippen molar-refractivity contribution in [2.45, 2.75) is 13.1 Å². The van der Waals surface area contributed by atoms with Gasteiger partial charge in [0.25, 0.3) is 5.91 Å². The summed E-state index contributed by atoms with van der Waals surface area (Å²) >= 11 is 0. The molecule has 0 aliphatic carbocycles. The van der Waals surface area contributed by atoms with E-state index in [9.17, 15) is 22.8 Å². The van der Waals surface area contributed by atoms with Gasteiger partial charge in [-0.2, -0.15) is 13.2 Å². The fourth-order valence-electron chi connectivity index (χ4n) is 2.03. The zero-order valence-electron chi connectivity index (χ0n) is 12.9. The van der Waals surface area contributed by atoms with E-state index in [1.165, 1.54) is 25.3 Å². The first-order chi connectivity index (χ1) is 11.2. The lowest BCUT2D eigenvalue weighted by atomic mass is 10.1. The van der Waals surface area contributed by atoms with Crippen LogP contribution in [0.5, 0.6) is 0 Å². The molecule has 0 unspecified atom stereocenters. The van der Waals surface area contributed by atoms with Crippen LogP contribution in [0.4, 0.5) is 18.9 Å². The maximum Gasteiger partial charge on any atom is 0.416 e. The summed E-state index contributed by atoms with van der Waals surface area (Å²) < 4.78 is 42.8. The lowest BCUT2D eigenvalue weighted by Gasteiger charge is -2.11. The zero-order valence-corrected chi connectivity index (χ0v) is 12.9. The van der Waals surface area contributed by atoms with E-state index >= 15 is 0 Å². The van der Waals surface area contributed by atoms with Gasteiger partial charge in [-0.25, -0.2) is 4.79 Å². The number of esters is 1. The van der Waals surface area contributed by atoms with Crippen molar-refractivity contribution >= 4 is 17.6 Å². The van der Waals surface area contributed by atoms with Crippen molar-refractivity contribution in [3.63, 3.8) is 0 Å². The Morgan fingerprint density at radius 2 is 1.75 bits per heavy atom. The van der Waals surface area contributed by atoms with Crippen LogP contribution in [0, 0.1) is 6.92 Å². The highest BCUT2D eigenvalue weighted by atomic mass is 19.4. The van der Waals surface area contributed by atoms with Gasteiger partial charge in [-0.15, -0.1) is 0 Å². The van der Waals surface area contributed by atoms with E-state index in [1.54, 1.807) is 13.0 Å². The number of carbonyl (C=O) groups is 2. The smallest absolute Gasteiger partial charge is 0.416 e. The summed E-state index contributed by atoms with van der Waals surface area (Å²) in [6.45, 7) is 1.70. The Hall–Kier alpha value is -2.83. The predicted molar refractivity (Wildman–Crippen MR) is 81.9 cm³/mol. The van der Waals surface area contributed by atoms with Crippen LogP contribution in [-0.4, -0.2) is 19.0 Å². The Morgan fingerprint density at radius 1 is 1.04 bits per heavy atom. The van der Waals surface area contributed by atoms with E-state index in [0.717, 1.165) is 18.2 Å². The molecule has 7 heteroatoms. The number of ether oxygens (including phenoxy) is 1. The Bertz CT molecular complexity index is 785. The summed E-state index contributed by atoms with van der Waals surface area (Å²) in [4.78, 5) is 23.7. The number of alkyl halides is 3. The number of carbonyl (C=O) groups excluding carboxylic acids is 2. The summed E-state index contributed by atoms with van der Waals surface area (Å²) in [6, 6.07) is 8.65. The summed E-state index contributed by atoms with van der Waals surface area (Å²) in [6.07, 6.45) is -4.53. The van der Waals surface area contributed by atoms with Gasteiger partial charge in [0, 0.05) is 11.3 Å². The van der Waals surface area contributed by atoms with Gasteiger partial charge in [-0.05, 0) is 42.8 Å². The van der Waals surface area contributed by atoms with Crippen molar-refractivity contribution in [3.8, 4) is 0 Å². The standard InChI is InChI=1S/C17H14F3NO3/c1-10-6-7-12(16(23)24-2)9-14(10)21-15(22)11-4-3-5-13(8-11)17(18,19)20/h3-9H,1-2H3,(H,21,22). The maximum absolute atomic E-state index is 12.7. The first-order valence-electron chi connectivity index (χ1n) is 6.90. The minimum Gasteiger partial charge on any atom is -0.465 e. The van der Waals surface area contributed by atoms with Gasteiger partial charge in [0.05, 0.1) is 18.2 Å². The third-order valence-corrected chi connectivity index (χ3v) is 3.36. The van der Waals surface area contributed by atoms with Gasteiger partial charge in [-0.1, -0.05) is 12.1 Å². The van der Waals surface area contributed by atoms with Gasteiger partial charge >= 0.3 is 12.1 Å². The molecule has 24 heavy (non-hydrogen) atoms. The number of hydrogen-bond acceptors (Lipinski definition) is 3. The Labute approximate surface area is 136 Å². The van der Waals surface area contributed by atoms with Crippen LogP contribution < -0.4 is 5.32 Å². The van der Waals surface area contributed by atoms with E-state index in [4.69, 9.17) is 0 Å². The minimum absolute atomic E-state index is 0.132. The number of benzene rings is 2. The molecular formula is C17H14F3NO3. The summed E-state index contributed by atoms with van der Waals surface area (Å²) in [7, 11) is 1.23. The molecule has 1 N–H and O–H groups in total. The maximum atomic E-state index is 12.7. The number of rotatable bonds is 3. The number of anilines is 1. The van der Waals surface area contributed by atoms with Crippen molar-refractivity contribution in [1.29, 1.82) is 0 Å². The number of halogens is 3. The van der Waals surface area contributed by atoms with Crippen molar-refractivity contribution in [2.75, 3.05) is 12.4 Å². The van der Waals surface area contributed by atoms with Crippen molar-refractivity contribution < 1.29 is 27.5 Å². The molecule has 1 amide bonds. The normalized spacial score (nSPS) is 11.0. The largest absolute Gasteiger partial charge is 0.465 e. The fourth-order valence-corrected chi connectivity index (χ4v) is 2.03. The second-order valence-electron chi connectivity index (χ2n) is 5.05. The highest BCUT2D eigenvalue weighted by molar-refractivity contribution is 6.05. The minimum atomic E-state index is -4.53. The Morgan fingerprint density at radius 3 is 2.38 bits per heavy atom. The van der Waals surface area contributed by atoms with Crippen LogP contribution in [0.2, 0.25) is 0 Å². The zero-order chi connectivity index (χ0) is 17.9. The molecule has 4 nitrogen and oxygen atoms in total. The summed E-state index contributed by atoms with van der Waals surface area (Å²) in [5.41, 5.74) is 0.161. The van der Waals surface area contributed by atoms with Gasteiger partial charge in [0.1, 0.15) is 0 Å². The molecule has 0 spiro atoms. The molecule has 0 fully saturated rings. The lowest BCUT2D eigenvalue weighted by molar-refractivity contribution is -0.137. The number of amides is 1. The second-order valence-corrected chi connectivity index (χ2v) is 5.05. The Balaban J connectivity index is 2.28. The molecule has 0 bridgehead atoms. The lowest BCUT2D eigenvalue weighted by Crippen LogP contribution is -2.15. The second kappa shape index (κ2) is 6.74. The van der Waals surface area contributed by atoms with Crippen LogP contribution in [0.1, 0.15) is 31.8 Å². The number of aryl methyl sites for hydroxylation is 1. The topological polar surface area (TPSA) is 55.4 Å². The quantitative estimate of drug-likeness (QED) is 0.860. The molecule has 126 valence electrons. The molecule has 0 aliphatic rings. The van der Waals surface area contributed by atoms with Crippen molar-refractivity contribution in [3.05, 3.63) is 64.7 Å². The summed E-state index contributed by atoms with van der Waals surface area (Å²) in [5.74, 6) is -1.28. The van der Waals surface area contributed by atoms with E-state index < -0.39 is 23.6 Å². The average Bonchev–Trinajstić information content (AvgIpc) is 2.55. The number of methoxy groups -OCH3 is 1. The number of hydrogen-bond donors (Lipinski definition) is 1. The van der Waals surface area contributed by atoms with Crippen molar-refractivity contribution in [2.24, 2.45) is 0 Å². The highest BCUT2D eigenvalue weighted by Gasteiger charge is 2.30. The van der Waals surface area contributed by atoms with Crippen LogP contribution in [0.3, 0.4) is 0 Å². The summed E-state index contributed by atoms with van der Waals surface area (Å²) in [5, 5.41) is 2.51. The molecular weight excluding hydrogens is 323 g/mol. The molecule has 0 saturated carbocycles. The fraction of sp³-hybridized carbons (Fsp3) is 0.176. The van der Waals surface area contributed by atoms with Gasteiger partial charge in [0.15, 0.2) is 0 Å². The van der Waals surface area contributed by atoms with E-state index in [0.29, 0.717) is 11.3 Å². The van der Waals surface area contributed by atoms with E-state index in [-0.39, 0.29) is 11.1 Å². The first kappa shape index (κ1) is 17.5. The number of nitrogens with one attached hydrogen (secondary N) is 1. The molecule has 2 aromatic carbocycles. The monoisotopic (exact) mass is 337 g/mol. The third-order valence-electron chi connectivity index (χ3n) is 3.36. The highest BCUT2D eigenvalue weighted by Crippen LogP contribution is 2.29. The molecule has 2 aromatic rings. The van der Waals surface area contributed by atoms with Crippen LogP contribution in [0.15, 0.2) is 42.5 Å². The van der Waals surface area contributed by atoms with Gasteiger partial charge in [0.2, 0.25) is 0 Å². The molecule has 0 atom stereocenters. The average molecular weight is 337 g/mol. The van der Waals surface area contributed by atoms with E-state index in [1.807, 2.05) is 0 Å². The van der Waals surface area contributed by atoms with Crippen LogP contribution in [0.25, 0.3) is 0 Å². The first-order valence-corrected chi connectivity index (χ1v) is 6.90. The van der Waals surface area contributed by atoms with Gasteiger partial charge in [-0.3, -0.25) is 4.79 Å². The Kier molecular flexibility index (Phi) is 4.92. The van der Waals surface area contributed by atoms with Crippen molar-refractivity contribution in [1.82, 2.24) is 0 Å². The third kappa shape index (κ3) is 3.92. The SMILES string of the molecule is COC(=O)c1ccc(C)c(NC(=O)c2cccc(C(F)(F)F)c2)c1. The molecule has 2 rings (SSSR count). The van der Waals surface area contributed by atoms with Crippen LogP contribution >= 0.6 is 0 Å². The van der Waals surface area contributed by atoms with Crippen LogP contribution in [-0.2, 0) is 10.9 Å². The predicted octanol–water partition coefficient (Wildman–Crippen LogP) is 4.05. The molecule has 0 heterocycles. The van der Waals surface area contributed by atoms with Gasteiger partial charge < -0.3 is 10.1 Å². The molecule has 0 aromatic heterocycles.